The Kier molecular flexibility index (Phi) is 8.77. The third kappa shape index (κ3) is 6.22. The van der Waals surface area contributed by atoms with E-state index in [0.717, 1.165) is 21.7 Å². The van der Waals surface area contributed by atoms with Gasteiger partial charge in [-0.3, -0.25) is 19.4 Å². The van der Waals surface area contributed by atoms with Crippen LogP contribution in [0.1, 0.15) is 57.7 Å². The van der Waals surface area contributed by atoms with Crippen LogP contribution in [0, 0.1) is 18.4 Å². The molecule has 2 unspecified atom stereocenters. The van der Waals surface area contributed by atoms with E-state index in [0.29, 0.717) is 25.9 Å². The summed E-state index contributed by atoms with van der Waals surface area (Å²) in [5.74, 6) is -1.32. The molecule has 4 rings (SSSR count). The standard InChI is InChI=1S/C26H32FN4O3S.W/c1-16-20(35-15-29-16)18-9-7-17(8-10-18)14-28-22(32)19-6-5-13-31(19)23(33)21(25(2,3)4)30-24(34)26(27)11-12-26;/h7,9-10,15,19,21H,5-6,11-14H2,1-4H3,(H,28,32)(H,30,34);/q-1;. The monoisotopic (exact) mass is 683 g/mol. The van der Waals surface area contributed by atoms with Gasteiger partial charge in [0.1, 0.15) is 12.1 Å². The average Bonchev–Trinajstić information content (AvgIpc) is 3.20. The smallest absolute Gasteiger partial charge is 0.258 e. The Labute approximate surface area is 229 Å². The topological polar surface area (TPSA) is 91.4 Å². The maximum Gasteiger partial charge on any atom is 0.258 e. The largest absolute Gasteiger partial charge is 0.352 e. The Balaban J connectivity index is 0.00000361. The fourth-order valence-corrected chi connectivity index (χ4v) is 5.10. The molecule has 3 amide bonds. The minimum atomic E-state index is -1.86. The maximum atomic E-state index is 14.3. The van der Waals surface area contributed by atoms with Crippen molar-refractivity contribution < 1.29 is 39.8 Å². The molecule has 2 fully saturated rings. The predicted molar refractivity (Wildman–Crippen MR) is 132 cm³/mol. The summed E-state index contributed by atoms with van der Waals surface area (Å²) in [6.07, 6.45) is 1.60. The Hall–Kier alpha value is -2.12. The fraction of sp³-hybridized carbons (Fsp3) is 0.538. The molecular formula is C26H32FN4O3SW-. The summed E-state index contributed by atoms with van der Waals surface area (Å²) in [7, 11) is 0. The van der Waals surface area contributed by atoms with Crippen molar-refractivity contribution in [3.63, 3.8) is 0 Å². The molecule has 36 heavy (non-hydrogen) atoms. The van der Waals surface area contributed by atoms with E-state index in [-0.39, 0.29) is 45.7 Å². The predicted octanol–water partition coefficient (Wildman–Crippen LogP) is 3.56. The third-order valence-electron chi connectivity index (χ3n) is 6.66. The molecule has 2 N–H and O–H groups in total. The van der Waals surface area contributed by atoms with E-state index in [9.17, 15) is 18.8 Å². The number of rotatable bonds is 7. The molecule has 1 aliphatic heterocycles. The zero-order valence-corrected chi connectivity index (χ0v) is 24.8. The van der Waals surface area contributed by atoms with Crippen molar-refractivity contribution in [3.8, 4) is 10.4 Å². The SMILES string of the molecule is Cc1ncsc1-c1c[c-]c(CNC(=O)C2CCCN2C(=O)C(NC(=O)C2(F)CC2)C(C)(C)C)cc1.[W]. The van der Waals surface area contributed by atoms with Gasteiger partial charge in [-0.05, 0) is 38.0 Å². The molecule has 2 aliphatic rings. The summed E-state index contributed by atoms with van der Waals surface area (Å²) < 4.78 is 14.3. The van der Waals surface area contributed by atoms with E-state index in [1.54, 1.807) is 11.3 Å². The quantitative estimate of drug-likeness (QED) is 0.438. The van der Waals surface area contributed by atoms with Crippen LogP contribution >= 0.6 is 11.3 Å². The minimum Gasteiger partial charge on any atom is -0.352 e. The van der Waals surface area contributed by atoms with E-state index in [2.05, 4.69) is 21.7 Å². The minimum absolute atomic E-state index is 0. The van der Waals surface area contributed by atoms with Crippen molar-refractivity contribution in [3.05, 3.63) is 41.0 Å². The fourth-order valence-electron chi connectivity index (χ4n) is 4.30. The molecule has 0 spiro atoms. The molecule has 0 bridgehead atoms. The Bertz CT molecular complexity index is 1110. The van der Waals surface area contributed by atoms with Crippen LogP contribution in [0.25, 0.3) is 10.4 Å². The van der Waals surface area contributed by atoms with Crippen LogP contribution in [-0.4, -0.2) is 51.9 Å². The van der Waals surface area contributed by atoms with Gasteiger partial charge in [0.25, 0.3) is 5.91 Å². The molecule has 1 saturated carbocycles. The second-order valence-corrected chi connectivity index (χ2v) is 11.4. The van der Waals surface area contributed by atoms with Crippen LogP contribution in [0.15, 0.2) is 23.7 Å². The first-order valence-electron chi connectivity index (χ1n) is 12.0. The van der Waals surface area contributed by atoms with Gasteiger partial charge in [0.2, 0.25) is 11.8 Å². The molecule has 10 heteroatoms. The number of thiazole rings is 1. The number of aromatic nitrogens is 1. The molecule has 1 aliphatic carbocycles. The molecule has 194 valence electrons. The van der Waals surface area contributed by atoms with Crippen LogP contribution < -0.4 is 10.6 Å². The van der Waals surface area contributed by atoms with Gasteiger partial charge in [0.15, 0.2) is 5.67 Å². The molecular weight excluding hydrogens is 651 g/mol. The van der Waals surface area contributed by atoms with E-state index in [4.69, 9.17) is 0 Å². The zero-order chi connectivity index (χ0) is 25.4. The zero-order valence-electron chi connectivity index (χ0n) is 21.0. The van der Waals surface area contributed by atoms with Crippen molar-refractivity contribution >= 4 is 29.1 Å². The molecule has 0 radical (unpaired) electrons. The molecule has 2 aromatic rings. The number of nitrogens with one attached hydrogen (secondary N) is 2. The first kappa shape index (κ1) is 28.4. The van der Waals surface area contributed by atoms with Gasteiger partial charge in [0.05, 0.1) is 5.51 Å². The summed E-state index contributed by atoms with van der Waals surface area (Å²) in [6, 6.07) is 7.47. The summed E-state index contributed by atoms with van der Waals surface area (Å²) in [4.78, 5) is 45.7. The Morgan fingerprint density at radius 2 is 2.03 bits per heavy atom. The number of nitrogens with zero attached hydrogens (tertiary/aromatic N) is 2. The first-order valence-corrected chi connectivity index (χ1v) is 12.9. The number of carbonyl (C=O) groups is 3. The summed E-state index contributed by atoms with van der Waals surface area (Å²) in [5.41, 5.74) is 2.15. The van der Waals surface area contributed by atoms with Crippen LogP contribution in [0.5, 0.6) is 0 Å². The van der Waals surface area contributed by atoms with Crippen LogP contribution in [0.4, 0.5) is 4.39 Å². The number of likely N-dealkylation sites (tertiary alicyclic amines) is 1. The van der Waals surface area contributed by atoms with E-state index >= 15 is 0 Å². The number of alkyl halides is 1. The molecule has 2 heterocycles. The van der Waals surface area contributed by atoms with Gasteiger partial charge in [-0.15, -0.1) is 22.5 Å². The number of hydrogen-bond donors (Lipinski definition) is 2. The second kappa shape index (κ2) is 11.1. The second-order valence-electron chi connectivity index (χ2n) is 10.5. The summed E-state index contributed by atoms with van der Waals surface area (Å²) in [5, 5.41) is 5.55. The van der Waals surface area contributed by atoms with Crippen molar-refractivity contribution in [1.29, 1.82) is 0 Å². The molecule has 7 nitrogen and oxygen atoms in total. The van der Waals surface area contributed by atoms with Gasteiger partial charge in [0, 0.05) is 44.7 Å². The number of carbonyl (C=O) groups excluding carboxylic acids is 3. The maximum absolute atomic E-state index is 14.3. The number of amides is 3. The van der Waals surface area contributed by atoms with Crippen molar-refractivity contribution in [2.45, 2.75) is 77.7 Å². The van der Waals surface area contributed by atoms with Crippen molar-refractivity contribution in [1.82, 2.24) is 20.5 Å². The van der Waals surface area contributed by atoms with Gasteiger partial charge in [-0.2, -0.15) is 24.3 Å². The molecule has 1 aromatic heterocycles. The summed E-state index contributed by atoms with van der Waals surface area (Å²) in [6.45, 7) is 8.16. The van der Waals surface area contributed by atoms with Crippen molar-refractivity contribution in [2.75, 3.05) is 6.54 Å². The molecule has 1 aromatic carbocycles. The first-order chi connectivity index (χ1) is 16.5. The third-order valence-corrected chi connectivity index (χ3v) is 7.64. The Morgan fingerprint density at radius 3 is 2.58 bits per heavy atom. The van der Waals surface area contributed by atoms with Gasteiger partial charge >= 0.3 is 0 Å². The van der Waals surface area contributed by atoms with Crippen LogP contribution in [0.3, 0.4) is 0 Å². The number of hydrogen-bond acceptors (Lipinski definition) is 5. The average molecular weight is 683 g/mol. The number of benzene rings is 1. The normalized spacial score (nSPS) is 19.2. The van der Waals surface area contributed by atoms with Crippen LogP contribution in [-0.2, 0) is 42.0 Å². The Morgan fingerprint density at radius 1 is 1.31 bits per heavy atom. The van der Waals surface area contributed by atoms with E-state index < -0.39 is 29.1 Å². The summed E-state index contributed by atoms with van der Waals surface area (Å²) >= 11 is 1.57. The number of aryl methyl sites for hydroxylation is 1. The molecule has 2 atom stereocenters. The van der Waals surface area contributed by atoms with E-state index in [1.807, 2.05) is 51.4 Å². The number of halogens is 1. The van der Waals surface area contributed by atoms with Crippen molar-refractivity contribution in [2.24, 2.45) is 5.41 Å². The molecule has 1 saturated heterocycles. The van der Waals surface area contributed by atoms with Gasteiger partial charge in [-0.25, -0.2) is 4.39 Å². The van der Waals surface area contributed by atoms with Gasteiger partial charge in [-0.1, -0.05) is 20.8 Å². The van der Waals surface area contributed by atoms with Gasteiger partial charge < -0.3 is 15.5 Å². The van der Waals surface area contributed by atoms with E-state index in [1.165, 1.54) is 4.90 Å². The van der Waals surface area contributed by atoms with Crippen LogP contribution in [0.2, 0.25) is 0 Å².